The number of amides is 2. The molecule has 2 amide bonds. The highest BCUT2D eigenvalue weighted by atomic mass is 16.3. The van der Waals surface area contributed by atoms with Crippen LogP contribution in [-0.2, 0) is 0 Å². The van der Waals surface area contributed by atoms with E-state index in [1.165, 1.54) is 0 Å². The fourth-order valence-electron chi connectivity index (χ4n) is 2.80. The summed E-state index contributed by atoms with van der Waals surface area (Å²) in [5.41, 5.74) is 0. The molecule has 4 nitrogen and oxygen atoms in total. The van der Waals surface area contributed by atoms with E-state index in [0.717, 1.165) is 58.2 Å². The Morgan fingerprint density at radius 2 is 1.94 bits per heavy atom. The smallest absolute Gasteiger partial charge is 0.320 e. The Hall–Kier alpha value is -0.770. The molecule has 2 aliphatic rings. The van der Waals surface area contributed by atoms with Crippen molar-refractivity contribution in [1.29, 1.82) is 0 Å². The summed E-state index contributed by atoms with van der Waals surface area (Å²) in [6, 6.07) is 0.609. The zero-order valence-electron chi connectivity index (χ0n) is 9.90. The van der Waals surface area contributed by atoms with Gasteiger partial charge in [-0.3, -0.25) is 0 Å². The number of rotatable bonds is 3. The van der Waals surface area contributed by atoms with Gasteiger partial charge in [-0.1, -0.05) is 0 Å². The zero-order chi connectivity index (χ0) is 11.4. The lowest BCUT2D eigenvalue weighted by molar-refractivity contribution is 0.152. The second kappa shape index (κ2) is 5.53. The van der Waals surface area contributed by atoms with Gasteiger partial charge in [0.2, 0.25) is 0 Å². The molecule has 1 atom stereocenters. The normalized spacial score (nSPS) is 25.4. The number of aliphatic hydroxyl groups excluding tert-OH is 1. The highest BCUT2D eigenvalue weighted by Gasteiger charge is 2.32. The molecule has 0 saturated carbocycles. The maximum atomic E-state index is 12.2. The number of nitrogens with zero attached hydrogens (tertiary/aromatic N) is 2. The first kappa shape index (κ1) is 11.7. The van der Waals surface area contributed by atoms with Gasteiger partial charge in [0, 0.05) is 32.3 Å². The van der Waals surface area contributed by atoms with Crippen LogP contribution in [0.3, 0.4) is 0 Å². The third-order valence-corrected chi connectivity index (χ3v) is 3.69. The molecule has 1 N–H and O–H groups in total. The van der Waals surface area contributed by atoms with Gasteiger partial charge in [-0.05, 0) is 38.5 Å². The van der Waals surface area contributed by atoms with Gasteiger partial charge >= 0.3 is 6.03 Å². The van der Waals surface area contributed by atoms with Gasteiger partial charge in [0.15, 0.2) is 0 Å². The number of carbonyl (C=O) groups excluding carboxylic acids is 1. The molecule has 92 valence electrons. The molecular formula is C12H22N2O2. The molecule has 0 bridgehead atoms. The third kappa shape index (κ3) is 2.48. The lowest BCUT2D eigenvalue weighted by Gasteiger charge is -2.29. The molecule has 0 aromatic carbocycles. The van der Waals surface area contributed by atoms with Crippen LogP contribution in [0.15, 0.2) is 0 Å². The Labute approximate surface area is 97.2 Å². The standard InChI is InChI=1S/C12H22N2O2/c15-10-4-6-11-5-3-9-14(11)12(16)13-7-1-2-8-13/h11,15H,1-10H2. The van der Waals surface area contributed by atoms with Crippen LogP contribution in [0.4, 0.5) is 4.79 Å². The lowest BCUT2D eigenvalue weighted by atomic mass is 10.1. The Morgan fingerprint density at radius 3 is 2.62 bits per heavy atom. The van der Waals surface area contributed by atoms with Gasteiger partial charge in [-0.25, -0.2) is 4.79 Å². The average Bonchev–Trinajstić information content (AvgIpc) is 2.96. The maximum Gasteiger partial charge on any atom is 0.320 e. The van der Waals surface area contributed by atoms with E-state index >= 15 is 0 Å². The first-order chi connectivity index (χ1) is 7.83. The topological polar surface area (TPSA) is 43.8 Å². The van der Waals surface area contributed by atoms with E-state index in [1.54, 1.807) is 0 Å². The number of likely N-dealkylation sites (tertiary alicyclic amines) is 2. The fourth-order valence-corrected chi connectivity index (χ4v) is 2.80. The van der Waals surface area contributed by atoms with E-state index in [9.17, 15) is 4.79 Å². The number of hydrogen-bond donors (Lipinski definition) is 1. The van der Waals surface area contributed by atoms with Crippen LogP contribution in [-0.4, -0.2) is 53.2 Å². The minimum atomic E-state index is 0.234. The minimum Gasteiger partial charge on any atom is -0.396 e. The van der Waals surface area contributed by atoms with E-state index in [-0.39, 0.29) is 12.6 Å². The Morgan fingerprint density at radius 1 is 1.19 bits per heavy atom. The quantitative estimate of drug-likeness (QED) is 0.791. The molecule has 0 aliphatic carbocycles. The van der Waals surface area contributed by atoms with Gasteiger partial charge in [0.25, 0.3) is 0 Å². The minimum absolute atomic E-state index is 0.234. The second-order valence-corrected chi connectivity index (χ2v) is 4.83. The van der Waals surface area contributed by atoms with Gasteiger partial charge < -0.3 is 14.9 Å². The molecule has 0 radical (unpaired) electrons. The maximum absolute atomic E-state index is 12.2. The largest absolute Gasteiger partial charge is 0.396 e. The van der Waals surface area contributed by atoms with Crippen molar-refractivity contribution in [3.8, 4) is 0 Å². The highest BCUT2D eigenvalue weighted by Crippen LogP contribution is 2.24. The Bertz CT molecular complexity index is 239. The monoisotopic (exact) mass is 226 g/mol. The molecule has 0 aromatic rings. The van der Waals surface area contributed by atoms with E-state index in [0.29, 0.717) is 6.04 Å². The van der Waals surface area contributed by atoms with E-state index < -0.39 is 0 Å². The van der Waals surface area contributed by atoms with Gasteiger partial charge in [-0.2, -0.15) is 0 Å². The number of hydrogen-bond acceptors (Lipinski definition) is 2. The average molecular weight is 226 g/mol. The summed E-state index contributed by atoms with van der Waals surface area (Å²) in [5.74, 6) is 0. The van der Waals surface area contributed by atoms with Crippen molar-refractivity contribution in [2.24, 2.45) is 0 Å². The Balaban J connectivity index is 1.88. The van der Waals surface area contributed by atoms with Crippen molar-refractivity contribution in [1.82, 2.24) is 9.80 Å². The van der Waals surface area contributed by atoms with Crippen LogP contribution in [0.2, 0.25) is 0 Å². The third-order valence-electron chi connectivity index (χ3n) is 3.69. The number of aliphatic hydroxyl groups is 1. The molecule has 2 fully saturated rings. The summed E-state index contributed by atoms with van der Waals surface area (Å²) >= 11 is 0. The van der Waals surface area contributed by atoms with E-state index in [1.807, 2.05) is 9.80 Å². The first-order valence-corrected chi connectivity index (χ1v) is 6.49. The molecule has 16 heavy (non-hydrogen) atoms. The molecule has 2 aliphatic heterocycles. The van der Waals surface area contributed by atoms with E-state index in [2.05, 4.69) is 0 Å². The van der Waals surface area contributed by atoms with Crippen molar-refractivity contribution in [3.63, 3.8) is 0 Å². The predicted molar refractivity (Wildman–Crippen MR) is 62.3 cm³/mol. The molecular weight excluding hydrogens is 204 g/mol. The molecule has 1 unspecified atom stereocenters. The summed E-state index contributed by atoms with van der Waals surface area (Å²) in [6.45, 7) is 3.01. The van der Waals surface area contributed by atoms with Crippen LogP contribution in [0.5, 0.6) is 0 Å². The van der Waals surface area contributed by atoms with Crippen LogP contribution >= 0.6 is 0 Å². The molecule has 4 heteroatoms. The lowest BCUT2D eigenvalue weighted by Crippen LogP contribution is -2.44. The summed E-state index contributed by atoms with van der Waals surface area (Å²) in [6.07, 6.45) is 6.31. The van der Waals surface area contributed by atoms with Gasteiger partial charge in [0.05, 0.1) is 0 Å². The second-order valence-electron chi connectivity index (χ2n) is 4.83. The molecule has 2 rings (SSSR count). The first-order valence-electron chi connectivity index (χ1n) is 6.49. The molecule has 0 spiro atoms. The Kier molecular flexibility index (Phi) is 4.04. The van der Waals surface area contributed by atoms with Crippen molar-refractivity contribution in [3.05, 3.63) is 0 Å². The van der Waals surface area contributed by atoms with Gasteiger partial charge in [-0.15, -0.1) is 0 Å². The van der Waals surface area contributed by atoms with E-state index in [4.69, 9.17) is 5.11 Å². The van der Waals surface area contributed by atoms with Crippen molar-refractivity contribution < 1.29 is 9.90 Å². The summed E-state index contributed by atoms with van der Waals surface area (Å²) < 4.78 is 0. The van der Waals surface area contributed by atoms with Crippen molar-refractivity contribution in [2.75, 3.05) is 26.2 Å². The zero-order valence-corrected chi connectivity index (χ0v) is 9.90. The summed E-state index contributed by atoms with van der Waals surface area (Å²) in [4.78, 5) is 16.2. The molecule has 0 aromatic heterocycles. The molecule has 2 heterocycles. The summed E-state index contributed by atoms with van der Waals surface area (Å²) in [5, 5.41) is 8.85. The van der Waals surface area contributed by atoms with Crippen molar-refractivity contribution in [2.45, 2.75) is 44.6 Å². The summed E-state index contributed by atoms with van der Waals surface area (Å²) in [7, 11) is 0. The van der Waals surface area contributed by atoms with Crippen LogP contribution in [0.1, 0.15) is 38.5 Å². The van der Waals surface area contributed by atoms with Crippen LogP contribution < -0.4 is 0 Å². The SMILES string of the molecule is O=C(N1CCCC1)N1CCCC1CCCO. The van der Waals surface area contributed by atoms with Crippen molar-refractivity contribution >= 4 is 6.03 Å². The predicted octanol–water partition coefficient (Wildman–Crippen LogP) is 1.44. The van der Waals surface area contributed by atoms with Gasteiger partial charge in [0.1, 0.15) is 0 Å². The van der Waals surface area contributed by atoms with Crippen LogP contribution in [0, 0.1) is 0 Å². The number of urea groups is 1. The molecule has 2 saturated heterocycles. The van der Waals surface area contributed by atoms with Crippen LogP contribution in [0.25, 0.3) is 0 Å². The highest BCUT2D eigenvalue weighted by molar-refractivity contribution is 5.75. The number of carbonyl (C=O) groups is 1. The fraction of sp³-hybridized carbons (Fsp3) is 0.917.